The molecule has 1 aliphatic heterocycles. The maximum atomic E-state index is 5.50. The fourth-order valence-electron chi connectivity index (χ4n) is 3.97. The molecule has 0 spiro atoms. The van der Waals surface area contributed by atoms with Crippen molar-refractivity contribution in [3.8, 4) is 0 Å². The molecule has 0 amide bonds. The Morgan fingerprint density at radius 2 is 2.03 bits per heavy atom. The fourth-order valence-corrected chi connectivity index (χ4v) is 3.97. The van der Waals surface area contributed by atoms with Crippen LogP contribution in [0, 0.1) is 6.92 Å². The molecule has 1 unspecified atom stereocenters. The van der Waals surface area contributed by atoms with Crippen LogP contribution in [-0.4, -0.2) is 56.5 Å². The van der Waals surface area contributed by atoms with E-state index in [-0.39, 0.29) is 0 Å². The van der Waals surface area contributed by atoms with E-state index in [1.54, 1.807) is 0 Å². The third-order valence-corrected chi connectivity index (χ3v) is 6.01. The molecule has 0 aliphatic carbocycles. The molecular weight excluding hydrogens is 380 g/mol. The van der Waals surface area contributed by atoms with Gasteiger partial charge in [-0.3, -0.25) is 4.90 Å². The molecule has 3 heterocycles. The zero-order valence-electron chi connectivity index (χ0n) is 19.0. The van der Waals surface area contributed by atoms with E-state index in [9.17, 15) is 0 Å². The van der Waals surface area contributed by atoms with E-state index in [2.05, 4.69) is 51.7 Å². The van der Waals surface area contributed by atoms with Gasteiger partial charge in [-0.25, -0.2) is 4.99 Å². The first-order valence-corrected chi connectivity index (χ1v) is 11.1. The van der Waals surface area contributed by atoms with Crippen molar-refractivity contribution in [3.63, 3.8) is 0 Å². The molecule has 1 fully saturated rings. The molecule has 0 aromatic carbocycles. The van der Waals surface area contributed by atoms with Crippen molar-refractivity contribution in [1.29, 1.82) is 0 Å². The fraction of sp³-hybridized carbons (Fsp3) is 0.714. The van der Waals surface area contributed by atoms with E-state index >= 15 is 0 Å². The molecule has 2 aromatic rings. The Kier molecular flexibility index (Phi) is 7.84. The van der Waals surface area contributed by atoms with E-state index in [1.807, 2.05) is 18.5 Å². The first kappa shape index (κ1) is 22.3. The largest absolute Gasteiger partial charge is 0.361 e. The Morgan fingerprint density at radius 3 is 2.70 bits per heavy atom. The smallest absolute Gasteiger partial charge is 0.192 e. The van der Waals surface area contributed by atoms with Crippen molar-refractivity contribution in [1.82, 2.24) is 35.5 Å². The van der Waals surface area contributed by atoms with E-state index in [0.717, 1.165) is 60.6 Å². The van der Waals surface area contributed by atoms with Gasteiger partial charge >= 0.3 is 0 Å². The Morgan fingerprint density at radius 1 is 1.20 bits per heavy atom. The van der Waals surface area contributed by atoms with Gasteiger partial charge in [0.25, 0.3) is 0 Å². The maximum absolute atomic E-state index is 5.50. The summed E-state index contributed by atoms with van der Waals surface area (Å²) in [5, 5.41) is 19.6. The van der Waals surface area contributed by atoms with Crippen LogP contribution in [-0.2, 0) is 33.0 Å². The number of aryl methyl sites for hydroxylation is 3. The third kappa shape index (κ3) is 5.19. The Hall–Kier alpha value is -2.42. The highest BCUT2D eigenvalue weighted by molar-refractivity contribution is 5.79. The lowest BCUT2D eigenvalue weighted by atomic mass is 10.1. The first-order valence-electron chi connectivity index (χ1n) is 11.1. The van der Waals surface area contributed by atoms with Gasteiger partial charge < -0.3 is 19.7 Å². The van der Waals surface area contributed by atoms with Gasteiger partial charge in [-0.1, -0.05) is 25.9 Å². The number of aromatic nitrogens is 4. The average molecular weight is 417 g/mol. The molecule has 166 valence electrons. The Bertz CT molecular complexity index is 819. The number of nitrogens with zero attached hydrogens (tertiary/aromatic N) is 6. The molecule has 2 aromatic heterocycles. The minimum atomic E-state index is 0.547. The van der Waals surface area contributed by atoms with Crippen LogP contribution in [0.4, 0.5) is 0 Å². The number of likely N-dealkylation sites (N-methyl/N-ethyl adjacent to an activating group) is 1. The van der Waals surface area contributed by atoms with Crippen LogP contribution in [0.5, 0.6) is 0 Å². The van der Waals surface area contributed by atoms with Crippen LogP contribution in [0.2, 0.25) is 0 Å². The summed E-state index contributed by atoms with van der Waals surface area (Å²) >= 11 is 0. The summed E-state index contributed by atoms with van der Waals surface area (Å²) in [4.78, 5) is 7.39. The molecule has 1 atom stereocenters. The van der Waals surface area contributed by atoms with Gasteiger partial charge in [0, 0.05) is 31.6 Å². The molecule has 0 radical (unpaired) electrons. The van der Waals surface area contributed by atoms with Crippen LogP contribution in [0.3, 0.4) is 0 Å². The predicted molar refractivity (Wildman–Crippen MR) is 117 cm³/mol. The maximum Gasteiger partial charge on any atom is 0.192 e. The van der Waals surface area contributed by atoms with Gasteiger partial charge in [0.2, 0.25) is 0 Å². The van der Waals surface area contributed by atoms with Gasteiger partial charge in [0.1, 0.15) is 11.6 Å². The lowest BCUT2D eigenvalue weighted by molar-refractivity contribution is 0.267. The quantitative estimate of drug-likeness (QED) is 0.476. The number of rotatable bonds is 9. The summed E-state index contributed by atoms with van der Waals surface area (Å²) < 4.78 is 7.49. The number of nitrogens with one attached hydrogen (secondary N) is 2. The summed E-state index contributed by atoms with van der Waals surface area (Å²) in [5.74, 6) is 3.48. The lowest BCUT2D eigenvalue weighted by Gasteiger charge is -2.24. The number of hydrogen-bond acceptors (Lipinski definition) is 6. The second-order valence-corrected chi connectivity index (χ2v) is 7.78. The molecule has 0 saturated carbocycles. The van der Waals surface area contributed by atoms with Crippen LogP contribution in [0.15, 0.2) is 9.52 Å². The Balaban J connectivity index is 1.71. The summed E-state index contributed by atoms with van der Waals surface area (Å²) in [6, 6.07) is 0.548. The van der Waals surface area contributed by atoms with Gasteiger partial charge in [-0.05, 0) is 39.3 Å². The van der Waals surface area contributed by atoms with E-state index in [0.29, 0.717) is 19.1 Å². The lowest BCUT2D eigenvalue weighted by Crippen LogP contribution is -2.45. The predicted octanol–water partition coefficient (Wildman–Crippen LogP) is 1.96. The number of aliphatic imine (C=N–C) groups is 1. The summed E-state index contributed by atoms with van der Waals surface area (Å²) in [5.41, 5.74) is 2.10. The topological polar surface area (TPSA) is 96.4 Å². The van der Waals surface area contributed by atoms with Crippen LogP contribution < -0.4 is 10.6 Å². The summed E-state index contributed by atoms with van der Waals surface area (Å²) in [7, 11) is 1.98. The third-order valence-electron chi connectivity index (χ3n) is 6.01. The zero-order valence-corrected chi connectivity index (χ0v) is 19.0. The molecule has 1 saturated heterocycles. The minimum Gasteiger partial charge on any atom is -0.361 e. The van der Waals surface area contributed by atoms with Crippen molar-refractivity contribution in [2.45, 2.75) is 72.5 Å². The molecule has 1 aliphatic rings. The van der Waals surface area contributed by atoms with Gasteiger partial charge in [-0.15, -0.1) is 10.2 Å². The molecule has 9 nitrogen and oxygen atoms in total. The van der Waals surface area contributed by atoms with Crippen LogP contribution in [0.1, 0.15) is 62.3 Å². The van der Waals surface area contributed by atoms with E-state index < -0.39 is 0 Å². The normalized spacial score (nSPS) is 17.6. The zero-order chi connectivity index (χ0) is 21.5. The van der Waals surface area contributed by atoms with Crippen molar-refractivity contribution in [2.75, 3.05) is 19.6 Å². The van der Waals surface area contributed by atoms with Crippen molar-refractivity contribution >= 4 is 5.96 Å². The number of guanidine groups is 1. The van der Waals surface area contributed by atoms with Gasteiger partial charge in [0.15, 0.2) is 11.8 Å². The van der Waals surface area contributed by atoms with E-state index in [1.165, 1.54) is 19.4 Å². The molecule has 2 N–H and O–H groups in total. The highest BCUT2D eigenvalue weighted by Crippen LogP contribution is 2.17. The van der Waals surface area contributed by atoms with Gasteiger partial charge in [-0.2, -0.15) is 0 Å². The minimum absolute atomic E-state index is 0.547. The molecular formula is C21H36N8O. The monoisotopic (exact) mass is 416 g/mol. The number of likely N-dealkylation sites (tertiary alicyclic amines) is 1. The first-order chi connectivity index (χ1) is 14.6. The average Bonchev–Trinajstić information content (AvgIpc) is 3.47. The van der Waals surface area contributed by atoms with Crippen molar-refractivity contribution in [3.05, 3.63) is 28.7 Å². The van der Waals surface area contributed by atoms with Gasteiger partial charge in [0.05, 0.1) is 18.8 Å². The highest BCUT2D eigenvalue weighted by atomic mass is 16.5. The second kappa shape index (κ2) is 10.6. The summed E-state index contributed by atoms with van der Waals surface area (Å²) in [6.45, 7) is 12.6. The SMILES string of the molecule is CCc1noc(CC)c1CN=C(NCc1nnc(C)n1C)NCC1CCCN1CC. The summed E-state index contributed by atoms with van der Waals surface area (Å²) in [6.07, 6.45) is 4.15. The van der Waals surface area contributed by atoms with Crippen molar-refractivity contribution in [2.24, 2.45) is 12.0 Å². The van der Waals surface area contributed by atoms with Crippen molar-refractivity contribution < 1.29 is 4.52 Å². The molecule has 30 heavy (non-hydrogen) atoms. The molecule has 9 heteroatoms. The number of hydrogen-bond donors (Lipinski definition) is 2. The van der Waals surface area contributed by atoms with Crippen LogP contribution in [0.25, 0.3) is 0 Å². The molecule has 3 rings (SSSR count). The standard InChI is InChI=1S/C21H36N8O/c1-6-18-17(19(7-2)30-27-18)13-23-21(22-12-16-10-9-11-29(16)8-3)24-14-20-26-25-15(4)28(20)5/h16H,6-14H2,1-5H3,(H2,22,23,24). The Labute approximate surface area is 179 Å². The second-order valence-electron chi connectivity index (χ2n) is 7.78. The van der Waals surface area contributed by atoms with Crippen LogP contribution >= 0.6 is 0 Å². The molecule has 0 bridgehead atoms. The van der Waals surface area contributed by atoms with E-state index in [4.69, 9.17) is 9.52 Å². The highest BCUT2D eigenvalue weighted by Gasteiger charge is 2.23.